The molecule has 0 unspecified atom stereocenters. The van der Waals surface area contributed by atoms with Gasteiger partial charge in [0.15, 0.2) is 5.13 Å². The van der Waals surface area contributed by atoms with Crippen molar-refractivity contribution in [3.63, 3.8) is 0 Å². The van der Waals surface area contributed by atoms with Crippen LogP contribution >= 0.6 is 11.3 Å². The fourth-order valence-electron chi connectivity index (χ4n) is 3.72. The number of nitrogens with one attached hydrogen (secondary N) is 1. The molecule has 0 spiro atoms. The van der Waals surface area contributed by atoms with Crippen molar-refractivity contribution in [2.24, 2.45) is 0 Å². The van der Waals surface area contributed by atoms with Gasteiger partial charge in [-0.05, 0) is 38.8 Å². The minimum absolute atomic E-state index is 0.139. The average Bonchev–Trinajstić information content (AvgIpc) is 3.26. The van der Waals surface area contributed by atoms with E-state index >= 15 is 0 Å². The van der Waals surface area contributed by atoms with E-state index in [4.69, 9.17) is 0 Å². The van der Waals surface area contributed by atoms with E-state index in [1.165, 1.54) is 0 Å². The Morgan fingerprint density at radius 1 is 1.16 bits per heavy atom. The fraction of sp³-hybridized carbons (Fsp3) is 0.455. The molecule has 1 aliphatic rings. The number of amides is 1. The van der Waals surface area contributed by atoms with Gasteiger partial charge in [-0.1, -0.05) is 11.3 Å². The number of aromatic nitrogens is 3. The Labute approximate surface area is 185 Å². The van der Waals surface area contributed by atoms with Gasteiger partial charge >= 0.3 is 0 Å². The number of nitrogens with zero attached hydrogens (tertiary/aromatic N) is 5. The van der Waals surface area contributed by atoms with Crippen molar-refractivity contribution >= 4 is 39.1 Å². The third-order valence-electron chi connectivity index (χ3n) is 5.53. The van der Waals surface area contributed by atoms with Crippen LogP contribution in [0.15, 0.2) is 30.7 Å². The number of pyridine rings is 2. The molecule has 1 fully saturated rings. The van der Waals surface area contributed by atoms with Gasteiger partial charge in [0.2, 0.25) is 5.91 Å². The highest BCUT2D eigenvalue weighted by Crippen LogP contribution is 2.32. The first kappa shape index (κ1) is 21.6. The molecule has 164 valence electrons. The molecule has 9 heteroatoms. The number of hydrogen-bond donors (Lipinski definition) is 1. The lowest BCUT2D eigenvalue weighted by atomic mass is 10.1. The van der Waals surface area contributed by atoms with Crippen molar-refractivity contribution in [2.45, 2.75) is 32.9 Å². The molecule has 3 aromatic heterocycles. The quantitative estimate of drug-likeness (QED) is 0.597. The zero-order chi connectivity index (χ0) is 21.8. The van der Waals surface area contributed by atoms with Crippen LogP contribution in [-0.4, -0.2) is 64.7 Å². The third kappa shape index (κ3) is 5.16. The summed E-state index contributed by atoms with van der Waals surface area (Å²) in [7, 11) is 0. The lowest BCUT2D eigenvalue weighted by Crippen LogP contribution is -2.39. The number of carbonyl (C=O) groups excluding carboxylic acids is 1. The Morgan fingerprint density at radius 2 is 1.94 bits per heavy atom. The number of likely N-dealkylation sites (tertiary alicyclic amines) is 1. The summed E-state index contributed by atoms with van der Waals surface area (Å²) in [6.45, 7) is 7.54. The molecule has 0 bridgehead atoms. The van der Waals surface area contributed by atoms with E-state index in [2.05, 4.69) is 39.0 Å². The number of halogens is 1. The summed E-state index contributed by atoms with van der Waals surface area (Å²) >= 11 is 1.64. The monoisotopic (exact) mass is 442 g/mol. The number of hydrogen-bond acceptors (Lipinski definition) is 7. The van der Waals surface area contributed by atoms with Crippen LogP contribution in [0.4, 0.5) is 15.3 Å². The smallest absolute Gasteiger partial charge is 0.239 e. The molecule has 7 nitrogen and oxygen atoms in total. The van der Waals surface area contributed by atoms with E-state index in [1.54, 1.807) is 17.5 Å². The van der Waals surface area contributed by atoms with Gasteiger partial charge in [0.1, 0.15) is 12.0 Å². The summed E-state index contributed by atoms with van der Waals surface area (Å²) in [4.78, 5) is 31.0. The molecule has 1 N–H and O–H groups in total. The van der Waals surface area contributed by atoms with Gasteiger partial charge < -0.3 is 10.2 Å². The molecule has 4 heterocycles. The Hall–Kier alpha value is -2.65. The van der Waals surface area contributed by atoms with E-state index < -0.39 is 6.17 Å². The Kier molecular flexibility index (Phi) is 6.72. The van der Waals surface area contributed by atoms with Crippen LogP contribution in [0.2, 0.25) is 0 Å². The van der Waals surface area contributed by atoms with Gasteiger partial charge in [0.25, 0.3) is 0 Å². The Bertz CT molecular complexity index is 1050. The van der Waals surface area contributed by atoms with Gasteiger partial charge in [-0.2, -0.15) is 0 Å². The lowest BCUT2D eigenvalue weighted by Gasteiger charge is -2.27. The Balaban J connectivity index is 1.48. The van der Waals surface area contributed by atoms with Crippen molar-refractivity contribution in [2.75, 3.05) is 42.9 Å². The number of piperidine rings is 1. The molecule has 0 aromatic carbocycles. The maximum atomic E-state index is 13.3. The molecule has 4 rings (SSSR count). The lowest BCUT2D eigenvalue weighted by molar-refractivity contribution is -0.117. The van der Waals surface area contributed by atoms with Gasteiger partial charge in [-0.15, -0.1) is 0 Å². The SMILES string of the molecule is CCN(CC)c1ncc(-c2cnc3cnc(NC(=O)CN4CCC(F)CC4)cc3c2)s1. The minimum atomic E-state index is -0.746. The second-order valence-corrected chi connectivity index (χ2v) is 8.67. The summed E-state index contributed by atoms with van der Waals surface area (Å²) in [6.07, 6.45) is 5.61. The first-order valence-electron chi connectivity index (χ1n) is 10.7. The van der Waals surface area contributed by atoms with Crippen molar-refractivity contribution < 1.29 is 9.18 Å². The molecule has 1 aliphatic heterocycles. The highest BCUT2D eigenvalue weighted by Gasteiger charge is 2.20. The number of alkyl halides is 1. The van der Waals surface area contributed by atoms with Gasteiger partial charge in [-0.25, -0.2) is 14.4 Å². The Morgan fingerprint density at radius 3 is 2.68 bits per heavy atom. The van der Waals surface area contributed by atoms with Crippen molar-refractivity contribution in [3.8, 4) is 10.4 Å². The second-order valence-electron chi connectivity index (χ2n) is 7.66. The van der Waals surface area contributed by atoms with Gasteiger partial charge in [0.05, 0.1) is 23.1 Å². The van der Waals surface area contributed by atoms with Crippen LogP contribution in [0.25, 0.3) is 21.3 Å². The summed E-state index contributed by atoms with van der Waals surface area (Å²) < 4.78 is 13.3. The fourth-order valence-corrected chi connectivity index (χ4v) is 4.74. The number of fused-ring (bicyclic) bond motifs is 1. The van der Waals surface area contributed by atoms with E-state index in [0.29, 0.717) is 31.7 Å². The normalized spacial score (nSPS) is 15.3. The minimum Gasteiger partial charge on any atom is -0.349 e. The molecule has 0 radical (unpaired) electrons. The molecule has 1 saturated heterocycles. The van der Waals surface area contributed by atoms with Crippen LogP contribution in [0.1, 0.15) is 26.7 Å². The number of anilines is 2. The van der Waals surface area contributed by atoms with Crippen LogP contribution < -0.4 is 10.2 Å². The predicted molar refractivity (Wildman–Crippen MR) is 123 cm³/mol. The molecule has 1 amide bonds. The summed E-state index contributed by atoms with van der Waals surface area (Å²) in [6, 6.07) is 3.88. The number of carbonyl (C=O) groups is 1. The standard InChI is InChI=1S/C22H27FN6OS/c1-3-29(4-2)22-26-13-19(31-22)16-9-15-10-20(25-12-18(15)24-11-16)27-21(30)14-28-7-5-17(23)6-8-28/h9-13,17H,3-8,14H2,1-2H3,(H,25,27,30). The zero-order valence-corrected chi connectivity index (χ0v) is 18.7. The van der Waals surface area contributed by atoms with E-state index in [0.717, 1.165) is 39.6 Å². The first-order chi connectivity index (χ1) is 15.1. The molecule has 0 saturated carbocycles. The zero-order valence-electron chi connectivity index (χ0n) is 17.8. The summed E-state index contributed by atoms with van der Waals surface area (Å²) in [5.74, 6) is 0.351. The molecule has 0 aliphatic carbocycles. The van der Waals surface area contributed by atoms with Crippen LogP contribution in [-0.2, 0) is 4.79 Å². The highest BCUT2D eigenvalue weighted by molar-refractivity contribution is 7.18. The first-order valence-corrected chi connectivity index (χ1v) is 11.5. The van der Waals surface area contributed by atoms with Crippen LogP contribution in [0.5, 0.6) is 0 Å². The van der Waals surface area contributed by atoms with E-state index in [-0.39, 0.29) is 12.5 Å². The second kappa shape index (κ2) is 9.65. The average molecular weight is 443 g/mol. The molecule has 0 atom stereocenters. The van der Waals surface area contributed by atoms with E-state index in [1.807, 2.05) is 29.4 Å². The van der Waals surface area contributed by atoms with Crippen LogP contribution in [0.3, 0.4) is 0 Å². The maximum Gasteiger partial charge on any atom is 0.239 e. The van der Waals surface area contributed by atoms with Crippen molar-refractivity contribution in [1.82, 2.24) is 19.9 Å². The van der Waals surface area contributed by atoms with Crippen molar-refractivity contribution in [1.29, 1.82) is 0 Å². The summed E-state index contributed by atoms with van der Waals surface area (Å²) in [5.41, 5.74) is 1.75. The number of thiazole rings is 1. The van der Waals surface area contributed by atoms with Crippen LogP contribution in [0, 0.1) is 0 Å². The largest absolute Gasteiger partial charge is 0.349 e. The predicted octanol–water partition coefficient (Wildman–Crippen LogP) is 3.97. The van der Waals surface area contributed by atoms with E-state index in [9.17, 15) is 9.18 Å². The topological polar surface area (TPSA) is 74.2 Å². The number of rotatable bonds is 7. The molecule has 3 aromatic rings. The van der Waals surface area contributed by atoms with Gasteiger partial charge in [-0.3, -0.25) is 14.7 Å². The highest BCUT2D eigenvalue weighted by atomic mass is 32.1. The third-order valence-corrected chi connectivity index (χ3v) is 6.64. The summed E-state index contributed by atoms with van der Waals surface area (Å²) in [5, 5.41) is 4.76. The van der Waals surface area contributed by atoms with Gasteiger partial charge in [0, 0.05) is 49.5 Å². The molecule has 31 heavy (non-hydrogen) atoms. The molecular formula is C22H27FN6OS. The molecular weight excluding hydrogens is 415 g/mol. The van der Waals surface area contributed by atoms with Crippen molar-refractivity contribution in [3.05, 3.63) is 30.7 Å². The maximum absolute atomic E-state index is 13.3.